The fraction of sp³-hybridized carbons (Fsp3) is 0.350. The Bertz CT molecular complexity index is 898. The predicted molar refractivity (Wildman–Crippen MR) is 115 cm³/mol. The maximum Gasteiger partial charge on any atom is 0.212 e. The van der Waals surface area contributed by atoms with Gasteiger partial charge in [0.1, 0.15) is 5.82 Å². The summed E-state index contributed by atoms with van der Waals surface area (Å²) in [5, 5.41) is 3.46. The molecule has 2 bridgehead atoms. The van der Waals surface area contributed by atoms with E-state index in [2.05, 4.69) is 45.3 Å². The number of fused-ring (bicyclic) bond motifs is 4. The van der Waals surface area contributed by atoms with Gasteiger partial charge in [-0.25, -0.2) is 10.8 Å². The third kappa shape index (κ3) is 4.75. The van der Waals surface area contributed by atoms with Crippen LogP contribution in [0.4, 0.5) is 11.5 Å². The van der Waals surface area contributed by atoms with E-state index in [1.165, 1.54) is 23.3 Å². The van der Waals surface area contributed by atoms with Crippen LogP contribution in [0.3, 0.4) is 0 Å². The van der Waals surface area contributed by atoms with Gasteiger partial charge in [0, 0.05) is 50.7 Å². The summed E-state index contributed by atoms with van der Waals surface area (Å²) in [6, 6.07) is 9.07. The second kappa shape index (κ2) is 8.78. The first-order chi connectivity index (χ1) is 13.9. The minimum atomic E-state index is 0.218. The number of nitrogens with one attached hydrogen (secondary N) is 1. The number of pyridine rings is 2. The van der Waals surface area contributed by atoms with Gasteiger partial charge in [-0.1, -0.05) is 0 Å². The number of carbonyl (C=O) groups is 1. The average Bonchev–Trinajstić information content (AvgIpc) is 3.12. The summed E-state index contributed by atoms with van der Waals surface area (Å²) in [5.74, 6) is 6.48. The Kier molecular flexibility index (Phi) is 6.18. The highest BCUT2D eigenvalue weighted by atomic mass is 16.1. The molecule has 0 saturated carbocycles. The van der Waals surface area contributed by atoms with Gasteiger partial charge in [0.05, 0.1) is 17.6 Å². The highest BCUT2D eigenvalue weighted by molar-refractivity contribution is 5.75. The van der Waals surface area contributed by atoms with Crippen molar-refractivity contribution in [1.29, 1.82) is 0 Å². The van der Waals surface area contributed by atoms with E-state index in [1.54, 1.807) is 7.05 Å². The van der Waals surface area contributed by atoms with Gasteiger partial charge in [0.15, 0.2) is 5.82 Å². The molecule has 1 saturated heterocycles. The minimum absolute atomic E-state index is 0.218. The highest BCUT2D eigenvalue weighted by Gasteiger charge is 2.34. The molecule has 4 rings (SSSR count). The van der Waals surface area contributed by atoms with Crippen LogP contribution in [-0.2, 0) is 4.79 Å². The third-order valence-electron chi connectivity index (χ3n) is 5.00. The first-order valence-electron chi connectivity index (χ1n) is 9.46. The molecular weight excluding hydrogens is 368 g/mol. The summed E-state index contributed by atoms with van der Waals surface area (Å²) in [7, 11) is 3.76. The zero-order valence-electron chi connectivity index (χ0n) is 17.0. The summed E-state index contributed by atoms with van der Waals surface area (Å²) in [6.07, 6.45) is 4.95. The second-order valence-electron chi connectivity index (χ2n) is 7.24. The predicted octanol–water partition coefficient (Wildman–Crippen LogP) is 0.776. The lowest BCUT2D eigenvalue weighted by Gasteiger charge is -2.34. The maximum atomic E-state index is 9.71. The molecular formula is C20H28N8O. The number of hydrazine groups is 1. The van der Waals surface area contributed by atoms with Crippen LogP contribution < -0.4 is 26.7 Å². The van der Waals surface area contributed by atoms with Crippen LogP contribution in [-0.4, -0.2) is 54.6 Å². The van der Waals surface area contributed by atoms with Crippen LogP contribution in [0.1, 0.15) is 12.1 Å². The Morgan fingerprint density at radius 3 is 2.86 bits per heavy atom. The second-order valence-corrected chi connectivity index (χ2v) is 7.24. The number of amides is 1. The summed E-state index contributed by atoms with van der Waals surface area (Å²) < 4.78 is 0. The molecule has 29 heavy (non-hydrogen) atoms. The monoisotopic (exact) mass is 396 g/mol. The molecule has 2 aromatic rings. The summed E-state index contributed by atoms with van der Waals surface area (Å²) in [5.41, 5.74) is 9.65. The molecule has 1 unspecified atom stereocenters. The van der Waals surface area contributed by atoms with E-state index in [4.69, 9.17) is 16.6 Å². The molecule has 9 nitrogen and oxygen atoms in total. The van der Waals surface area contributed by atoms with Gasteiger partial charge >= 0.3 is 0 Å². The molecule has 4 heterocycles. The topological polar surface area (TPSA) is 117 Å². The van der Waals surface area contributed by atoms with Crippen molar-refractivity contribution in [2.24, 2.45) is 11.6 Å². The van der Waals surface area contributed by atoms with Crippen molar-refractivity contribution in [2.45, 2.75) is 19.4 Å². The minimum Gasteiger partial charge on any atom is -0.384 e. The summed E-state index contributed by atoms with van der Waals surface area (Å²) >= 11 is 0. The van der Waals surface area contributed by atoms with Crippen LogP contribution in [0.15, 0.2) is 42.5 Å². The van der Waals surface area contributed by atoms with Crippen LogP contribution in [0.25, 0.3) is 11.3 Å². The maximum absolute atomic E-state index is 9.71. The number of likely N-dealkylation sites (N-methyl/N-ethyl adjacent to an activating group) is 1. The van der Waals surface area contributed by atoms with Crippen LogP contribution in [0.2, 0.25) is 0 Å². The molecule has 1 atom stereocenters. The Hall–Kier alpha value is -3.33. The molecule has 154 valence electrons. The molecule has 1 amide bonds. The molecule has 9 heteroatoms. The van der Waals surface area contributed by atoms with Gasteiger partial charge in [-0.3, -0.25) is 9.78 Å². The third-order valence-corrected chi connectivity index (χ3v) is 5.00. The number of hydrogen-bond donors (Lipinski definition) is 3. The smallest absolute Gasteiger partial charge is 0.212 e. The first-order valence-corrected chi connectivity index (χ1v) is 9.46. The lowest BCUT2D eigenvalue weighted by Crippen LogP contribution is -2.40. The molecule has 0 aliphatic carbocycles. The lowest BCUT2D eigenvalue weighted by molar-refractivity contribution is -0.108. The number of rotatable bonds is 4. The molecule has 2 aliphatic heterocycles. The number of hydrogen-bond acceptors (Lipinski definition) is 8. The van der Waals surface area contributed by atoms with Crippen LogP contribution in [0, 0.1) is 6.92 Å². The number of aromatic nitrogens is 2. The molecule has 0 spiro atoms. The fourth-order valence-corrected chi connectivity index (χ4v) is 3.59. The van der Waals surface area contributed by atoms with E-state index >= 15 is 0 Å². The van der Waals surface area contributed by atoms with Crippen LogP contribution >= 0.6 is 0 Å². The average molecular weight is 396 g/mol. The van der Waals surface area contributed by atoms with Crippen molar-refractivity contribution in [2.75, 3.05) is 37.0 Å². The molecule has 1 fully saturated rings. The number of carbonyl (C=O) groups excluding carboxylic acids is 1. The Morgan fingerprint density at radius 1 is 1.38 bits per heavy atom. The highest BCUT2D eigenvalue weighted by Crippen LogP contribution is 2.38. The van der Waals surface area contributed by atoms with Crippen molar-refractivity contribution >= 4 is 17.9 Å². The van der Waals surface area contributed by atoms with Crippen molar-refractivity contribution in [3.05, 3.63) is 48.2 Å². The van der Waals surface area contributed by atoms with Crippen LogP contribution in [0.5, 0.6) is 0 Å². The zero-order chi connectivity index (χ0) is 21.0. The zero-order valence-corrected chi connectivity index (χ0v) is 17.0. The van der Waals surface area contributed by atoms with E-state index in [0.717, 1.165) is 35.9 Å². The van der Waals surface area contributed by atoms with E-state index in [-0.39, 0.29) is 5.82 Å². The number of aryl methyl sites for hydroxylation is 1. The van der Waals surface area contributed by atoms with Crippen molar-refractivity contribution in [3.8, 4) is 11.3 Å². The molecule has 2 aromatic heterocycles. The van der Waals surface area contributed by atoms with Gasteiger partial charge in [0.25, 0.3) is 0 Å². The van der Waals surface area contributed by atoms with E-state index in [1.807, 2.05) is 19.2 Å². The normalized spacial score (nSPS) is 17.2. The lowest BCUT2D eigenvalue weighted by atomic mass is 10.1. The Labute approximate surface area is 171 Å². The van der Waals surface area contributed by atoms with E-state index < -0.39 is 0 Å². The fourth-order valence-electron chi connectivity index (χ4n) is 3.59. The SMILES string of the molecule is CN(N)/C=C(\N)NC=O.Cc1cc(-c2ccc3c(n2)N(C)C2CCN3C2)ccn1. The van der Waals surface area contributed by atoms with Gasteiger partial charge in [-0.15, -0.1) is 0 Å². The summed E-state index contributed by atoms with van der Waals surface area (Å²) in [6.45, 7) is 4.30. The number of nitrogens with zero attached hydrogens (tertiary/aromatic N) is 5. The Morgan fingerprint density at radius 2 is 2.17 bits per heavy atom. The Balaban J connectivity index is 0.000000229. The van der Waals surface area contributed by atoms with E-state index in [9.17, 15) is 4.79 Å². The standard InChI is InChI=1S/C16H18N4.C4H10N4O/c1-11-9-12(5-7-17-11)14-3-4-15-16(18-14)19(2)13-6-8-20(15)10-13;1-8(6)2-4(5)7-3-9/h3-5,7,9,13H,6,8,10H2,1-2H3;2-3H,5-6H2,1H3,(H,7,9)/b;4-2+. The molecule has 5 N–H and O–H groups in total. The molecule has 0 aromatic carbocycles. The van der Waals surface area contributed by atoms with Gasteiger partial charge in [-0.2, -0.15) is 0 Å². The van der Waals surface area contributed by atoms with Crippen molar-refractivity contribution in [3.63, 3.8) is 0 Å². The summed E-state index contributed by atoms with van der Waals surface area (Å²) in [4.78, 5) is 23.7. The van der Waals surface area contributed by atoms with Gasteiger partial charge in [0.2, 0.25) is 6.41 Å². The van der Waals surface area contributed by atoms with Crippen molar-refractivity contribution < 1.29 is 4.79 Å². The number of nitrogens with two attached hydrogens (primary N) is 2. The quantitative estimate of drug-likeness (QED) is 0.394. The van der Waals surface area contributed by atoms with Crippen molar-refractivity contribution in [1.82, 2.24) is 20.3 Å². The van der Waals surface area contributed by atoms with Gasteiger partial charge < -0.3 is 25.9 Å². The molecule has 2 aliphatic rings. The molecule has 0 radical (unpaired) electrons. The number of anilines is 2. The first kappa shape index (κ1) is 20.4. The van der Waals surface area contributed by atoms with E-state index in [0.29, 0.717) is 12.5 Å². The largest absolute Gasteiger partial charge is 0.384 e. The van der Waals surface area contributed by atoms with Gasteiger partial charge in [-0.05, 0) is 37.6 Å².